The first-order chi connectivity index (χ1) is 8.97. The van der Waals surface area contributed by atoms with Crippen LogP contribution in [-0.2, 0) is 4.74 Å². The molecule has 0 bridgehead atoms. The Morgan fingerprint density at radius 2 is 2.16 bits per heavy atom. The molecule has 1 aromatic rings. The van der Waals surface area contributed by atoms with Crippen LogP contribution < -0.4 is 5.73 Å². The van der Waals surface area contributed by atoms with Crippen molar-refractivity contribution in [2.75, 3.05) is 6.61 Å². The number of amides is 1. The third kappa shape index (κ3) is 2.30. The number of nitrogens with two attached hydrogens (primary N) is 1. The summed E-state index contributed by atoms with van der Waals surface area (Å²) in [5.41, 5.74) is 4.24. The number of carbonyl (C=O) groups excluding carboxylic acids is 1. The number of ether oxygens (including phenoxy) is 1. The van der Waals surface area contributed by atoms with E-state index < -0.39 is 48.4 Å². The largest absolute Gasteiger partial charge is 0.394 e. The van der Waals surface area contributed by atoms with Crippen molar-refractivity contribution in [1.82, 2.24) is 4.98 Å². The minimum Gasteiger partial charge on any atom is -0.394 e. The predicted octanol–water partition coefficient (Wildman–Crippen LogP) is -1.53. The normalized spacial score (nSPS) is 30.5. The number of nitrogens with zero attached hydrogens (tertiary/aromatic N) is 1. The Morgan fingerprint density at radius 1 is 1.47 bits per heavy atom. The molecule has 1 aliphatic heterocycles. The monoisotopic (exact) mass is 272 g/mol. The number of halogens is 1. The van der Waals surface area contributed by atoms with E-state index >= 15 is 0 Å². The van der Waals surface area contributed by atoms with Crippen molar-refractivity contribution < 1.29 is 29.2 Å². The molecule has 5 N–H and O–H groups in total. The minimum absolute atomic E-state index is 0.147. The van der Waals surface area contributed by atoms with Crippen LogP contribution in [0.5, 0.6) is 0 Å². The molecule has 1 aromatic heterocycles. The summed E-state index contributed by atoms with van der Waals surface area (Å²) in [6, 6.07) is 1.21. The van der Waals surface area contributed by atoms with Crippen LogP contribution >= 0.6 is 0 Å². The van der Waals surface area contributed by atoms with Crippen LogP contribution in [0.2, 0.25) is 0 Å². The van der Waals surface area contributed by atoms with Gasteiger partial charge in [-0.3, -0.25) is 4.79 Å². The first-order valence-corrected chi connectivity index (χ1v) is 5.54. The first-order valence-electron chi connectivity index (χ1n) is 5.54. The van der Waals surface area contributed by atoms with Crippen molar-refractivity contribution in [3.05, 3.63) is 29.3 Å². The van der Waals surface area contributed by atoms with E-state index in [-0.39, 0.29) is 5.56 Å². The highest BCUT2D eigenvalue weighted by Gasteiger charge is 2.44. The van der Waals surface area contributed by atoms with Gasteiger partial charge in [-0.2, -0.15) is 0 Å². The van der Waals surface area contributed by atoms with Gasteiger partial charge in [0.1, 0.15) is 24.4 Å². The zero-order valence-electron chi connectivity index (χ0n) is 9.73. The zero-order chi connectivity index (χ0) is 14.2. The van der Waals surface area contributed by atoms with Crippen LogP contribution in [0.25, 0.3) is 0 Å². The number of aromatic nitrogens is 1. The van der Waals surface area contributed by atoms with Crippen molar-refractivity contribution in [1.29, 1.82) is 0 Å². The number of aliphatic hydroxyl groups excluding tert-OH is 3. The molecule has 7 nitrogen and oxygen atoms in total. The van der Waals surface area contributed by atoms with Gasteiger partial charge in [-0.05, 0) is 6.07 Å². The standard InChI is InChI=1S/C11H13FN2O5/c12-6-4(1-2-14-7(6)11(13)18)10-9(17)8(16)5(3-15)19-10/h1-2,5,8-10,15-17H,3H2,(H2,13,18)/t5-,8-,9-,10+/m1/s1. The van der Waals surface area contributed by atoms with E-state index in [1.54, 1.807) is 0 Å². The maximum atomic E-state index is 14.0. The Kier molecular flexibility index (Phi) is 3.76. The molecule has 104 valence electrons. The minimum atomic E-state index is -1.42. The average molecular weight is 272 g/mol. The SMILES string of the molecule is NC(=O)c1nccc([C@@H]2O[C@H](CO)[C@@H](O)[C@H]2O)c1F. The van der Waals surface area contributed by atoms with E-state index in [9.17, 15) is 19.4 Å². The van der Waals surface area contributed by atoms with E-state index in [1.807, 2.05) is 0 Å². The summed E-state index contributed by atoms with van der Waals surface area (Å²) < 4.78 is 19.2. The lowest BCUT2D eigenvalue weighted by Crippen LogP contribution is -2.32. The first kappa shape index (κ1) is 13.8. The van der Waals surface area contributed by atoms with Crippen molar-refractivity contribution in [2.24, 2.45) is 5.73 Å². The van der Waals surface area contributed by atoms with Gasteiger partial charge >= 0.3 is 0 Å². The Morgan fingerprint density at radius 3 is 2.68 bits per heavy atom. The molecular formula is C11H13FN2O5. The molecule has 0 radical (unpaired) electrons. The van der Waals surface area contributed by atoms with Crippen molar-refractivity contribution in [3.63, 3.8) is 0 Å². The lowest BCUT2D eigenvalue weighted by molar-refractivity contribution is -0.0237. The topological polar surface area (TPSA) is 126 Å². The van der Waals surface area contributed by atoms with Crippen LogP contribution in [0.15, 0.2) is 12.3 Å². The van der Waals surface area contributed by atoms with Crippen LogP contribution in [0, 0.1) is 5.82 Å². The van der Waals surface area contributed by atoms with E-state index in [4.69, 9.17) is 15.6 Å². The molecule has 19 heavy (non-hydrogen) atoms. The second kappa shape index (κ2) is 5.17. The van der Waals surface area contributed by atoms with Crippen molar-refractivity contribution >= 4 is 5.91 Å². The predicted molar refractivity (Wildman–Crippen MR) is 59.4 cm³/mol. The molecule has 0 unspecified atom stereocenters. The van der Waals surface area contributed by atoms with E-state index in [1.165, 1.54) is 6.07 Å². The Balaban J connectivity index is 2.38. The molecule has 0 aliphatic carbocycles. The molecule has 1 amide bonds. The summed E-state index contributed by atoms with van der Waals surface area (Å²) in [4.78, 5) is 14.5. The van der Waals surface area contributed by atoms with Crippen molar-refractivity contribution in [3.8, 4) is 0 Å². The van der Waals surface area contributed by atoms with Gasteiger partial charge in [-0.25, -0.2) is 9.37 Å². The van der Waals surface area contributed by atoms with E-state index in [0.717, 1.165) is 6.20 Å². The molecule has 4 atom stereocenters. The molecule has 1 saturated heterocycles. The molecule has 1 fully saturated rings. The molecular weight excluding hydrogens is 259 g/mol. The Bertz CT molecular complexity index is 498. The van der Waals surface area contributed by atoms with Gasteiger partial charge in [0.15, 0.2) is 11.5 Å². The van der Waals surface area contributed by atoms with Gasteiger partial charge in [0.05, 0.1) is 6.61 Å². The van der Waals surface area contributed by atoms with Crippen molar-refractivity contribution in [2.45, 2.75) is 24.4 Å². The summed E-state index contributed by atoms with van der Waals surface area (Å²) in [6.07, 6.45) is -3.85. The third-order valence-corrected chi connectivity index (χ3v) is 3.00. The summed E-state index contributed by atoms with van der Waals surface area (Å²) in [7, 11) is 0. The number of primary amides is 1. The van der Waals surface area contributed by atoms with Gasteiger partial charge in [0.2, 0.25) is 0 Å². The molecule has 0 saturated carbocycles. The van der Waals surface area contributed by atoms with E-state index in [0.29, 0.717) is 0 Å². The number of carbonyl (C=O) groups is 1. The van der Waals surface area contributed by atoms with Gasteiger partial charge in [-0.15, -0.1) is 0 Å². The highest BCUT2D eigenvalue weighted by Crippen LogP contribution is 2.34. The van der Waals surface area contributed by atoms with Gasteiger partial charge < -0.3 is 25.8 Å². The molecule has 0 aromatic carbocycles. The molecule has 1 aliphatic rings. The number of aliphatic hydroxyl groups is 3. The molecule has 2 rings (SSSR count). The fraction of sp³-hybridized carbons (Fsp3) is 0.455. The second-order valence-electron chi connectivity index (χ2n) is 4.19. The lowest BCUT2D eigenvalue weighted by atomic mass is 10.0. The molecule has 8 heteroatoms. The average Bonchev–Trinajstić information content (AvgIpc) is 2.66. The maximum Gasteiger partial charge on any atom is 0.270 e. The Hall–Kier alpha value is -1.61. The second-order valence-corrected chi connectivity index (χ2v) is 4.19. The number of rotatable bonds is 3. The summed E-state index contributed by atoms with van der Waals surface area (Å²) in [5.74, 6) is -2.06. The summed E-state index contributed by atoms with van der Waals surface area (Å²) in [6.45, 7) is -0.524. The summed E-state index contributed by atoms with van der Waals surface area (Å²) >= 11 is 0. The number of pyridine rings is 1. The van der Waals surface area contributed by atoms with Crippen LogP contribution in [0.4, 0.5) is 4.39 Å². The smallest absolute Gasteiger partial charge is 0.270 e. The lowest BCUT2D eigenvalue weighted by Gasteiger charge is -2.16. The fourth-order valence-corrected chi connectivity index (χ4v) is 2.01. The maximum absolute atomic E-state index is 14.0. The Labute approximate surface area is 107 Å². The zero-order valence-corrected chi connectivity index (χ0v) is 9.73. The molecule has 2 heterocycles. The van der Waals surface area contributed by atoms with Crippen LogP contribution in [0.3, 0.4) is 0 Å². The fourth-order valence-electron chi connectivity index (χ4n) is 2.01. The highest BCUT2D eigenvalue weighted by atomic mass is 19.1. The quantitative estimate of drug-likeness (QED) is 0.529. The highest BCUT2D eigenvalue weighted by molar-refractivity contribution is 5.91. The van der Waals surface area contributed by atoms with Gasteiger partial charge in [0.25, 0.3) is 5.91 Å². The number of hydrogen-bond donors (Lipinski definition) is 4. The van der Waals surface area contributed by atoms with Gasteiger partial charge in [-0.1, -0.05) is 0 Å². The number of hydrogen-bond acceptors (Lipinski definition) is 6. The van der Waals surface area contributed by atoms with Gasteiger partial charge in [0, 0.05) is 11.8 Å². The van der Waals surface area contributed by atoms with Crippen LogP contribution in [0.1, 0.15) is 22.2 Å². The summed E-state index contributed by atoms with van der Waals surface area (Å²) in [5, 5.41) is 28.3. The van der Waals surface area contributed by atoms with Crippen LogP contribution in [-0.4, -0.2) is 51.1 Å². The third-order valence-electron chi connectivity index (χ3n) is 3.00. The van der Waals surface area contributed by atoms with E-state index in [2.05, 4.69) is 4.98 Å². The molecule has 0 spiro atoms.